The molecule has 20 heavy (non-hydrogen) atoms. The summed E-state index contributed by atoms with van der Waals surface area (Å²) in [5.74, 6) is 0.625. The zero-order valence-corrected chi connectivity index (χ0v) is 12.5. The summed E-state index contributed by atoms with van der Waals surface area (Å²) >= 11 is 5.95. The van der Waals surface area contributed by atoms with Crippen molar-refractivity contribution in [3.8, 4) is 0 Å². The molecule has 0 aliphatic rings. The summed E-state index contributed by atoms with van der Waals surface area (Å²) in [5.41, 5.74) is 1.67. The van der Waals surface area contributed by atoms with Gasteiger partial charge in [-0.1, -0.05) is 18.5 Å². The van der Waals surface area contributed by atoms with Gasteiger partial charge in [0.15, 0.2) is 0 Å². The largest absolute Gasteiger partial charge is 0.467 e. The van der Waals surface area contributed by atoms with E-state index in [1.54, 1.807) is 18.4 Å². The van der Waals surface area contributed by atoms with Crippen molar-refractivity contribution in [2.75, 3.05) is 6.54 Å². The summed E-state index contributed by atoms with van der Waals surface area (Å²) in [6, 6.07) is 6.52. The Balaban J connectivity index is 2.23. The maximum absolute atomic E-state index is 13.9. The highest BCUT2D eigenvalue weighted by Crippen LogP contribution is 2.25. The summed E-state index contributed by atoms with van der Waals surface area (Å²) in [6.45, 7) is 4.94. The molecule has 1 aromatic carbocycles. The van der Waals surface area contributed by atoms with Crippen molar-refractivity contribution in [1.82, 2.24) is 5.32 Å². The van der Waals surface area contributed by atoms with Crippen LogP contribution in [0.25, 0.3) is 0 Å². The van der Waals surface area contributed by atoms with Crippen molar-refractivity contribution in [3.63, 3.8) is 0 Å². The lowest BCUT2D eigenvalue weighted by Crippen LogP contribution is -2.24. The van der Waals surface area contributed by atoms with E-state index in [0.717, 1.165) is 24.3 Å². The van der Waals surface area contributed by atoms with Gasteiger partial charge in [0, 0.05) is 5.02 Å². The van der Waals surface area contributed by atoms with Gasteiger partial charge in [-0.25, -0.2) is 4.39 Å². The predicted octanol–water partition coefficient (Wildman–Crippen LogP) is 4.66. The van der Waals surface area contributed by atoms with E-state index in [9.17, 15) is 4.39 Å². The minimum absolute atomic E-state index is 0.0436. The first kappa shape index (κ1) is 15.1. The van der Waals surface area contributed by atoms with Crippen LogP contribution < -0.4 is 5.32 Å². The second-order valence-corrected chi connectivity index (χ2v) is 5.35. The maximum Gasteiger partial charge on any atom is 0.126 e. The third-order valence-corrected chi connectivity index (χ3v) is 3.53. The van der Waals surface area contributed by atoms with Crippen molar-refractivity contribution in [2.24, 2.45) is 0 Å². The fourth-order valence-electron chi connectivity index (χ4n) is 2.24. The molecule has 4 heteroatoms. The van der Waals surface area contributed by atoms with Crippen LogP contribution >= 0.6 is 11.6 Å². The molecule has 2 aromatic rings. The predicted molar refractivity (Wildman–Crippen MR) is 79.6 cm³/mol. The van der Waals surface area contributed by atoms with Crippen LogP contribution in [0, 0.1) is 12.7 Å². The van der Waals surface area contributed by atoms with Gasteiger partial charge in [-0.05, 0) is 61.7 Å². The number of halogens is 2. The minimum atomic E-state index is -0.234. The lowest BCUT2D eigenvalue weighted by Gasteiger charge is -2.18. The van der Waals surface area contributed by atoms with E-state index in [-0.39, 0.29) is 11.9 Å². The quantitative estimate of drug-likeness (QED) is 0.838. The molecular weight excluding hydrogens is 277 g/mol. The Morgan fingerprint density at radius 1 is 1.35 bits per heavy atom. The molecule has 1 heterocycles. The molecule has 108 valence electrons. The molecule has 0 saturated carbocycles. The fraction of sp³-hybridized carbons (Fsp3) is 0.375. The van der Waals surface area contributed by atoms with E-state index >= 15 is 0 Å². The van der Waals surface area contributed by atoms with Gasteiger partial charge in [0.1, 0.15) is 11.6 Å². The van der Waals surface area contributed by atoms with E-state index in [2.05, 4.69) is 12.2 Å². The molecule has 1 N–H and O–H groups in total. The second-order valence-electron chi connectivity index (χ2n) is 4.91. The van der Waals surface area contributed by atoms with Crippen molar-refractivity contribution < 1.29 is 8.81 Å². The van der Waals surface area contributed by atoms with Crippen LogP contribution in [0.15, 0.2) is 34.9 Å². The van der Waals surface area contributed by atoms with Gasteiger partial charge in [-0.3, -0.25) is 0 Å². The molecule has 0 bridgehead atoms. The molecule has 0 amide bonds. The third-order valence-electron chi connectivity index (χ3n) is 3.29. The maximum atomic E-state index is 13.9. The van der Waals surface area contributed by atoms with Crippen molar-refractivity contribution >= 4 is 11.6 Å². The number of aryl methyl sites for hydroxylation is 1. The zero-order chi connectivity index (χ0) is 14.5. The van der Waals surface area contributed by atoms with Crippen molar-refractivity contribution in [1.29, 1.82) is 0 Å². The highest BCUT2D eigenvalue weighted by molar-refractivity contribution is 6.30. The van der Waals surface area contributed by atoms with Gasteiger partial charge in [0.2, 0.25) is 0 Å². The number of benzene rings is 1. The number of hydrogen-bond acceptors (Lipinski definition) is 2. The van der Waals surface area contributed by atoms with Gasteiger partial charge < -0.3 is 9.73 Å². The lowest BCUT2D eigenvalue weighted by atomic mass is 10.0. The first-order valence-electron chi connectivity index (χ1n) is 6.83. The van der Waals surface area contributed by atoms with Crippen LogP contribution in [-0.4, -0.2) is 6.54 Å². The Kier molecular flexibility index (Phi) is 5.21. The summed E-state index contributed by atoms with van der Waals surface area (Å²) in [6.07, 6.45) is 3.19. The zero-order valence-electron chi connectivity index (χ0n) is 11.7. The van der Waals surface area contributed by atoms with Gasteiger partial charge in [-0.15, -0.1) is 0 Å². The van der Waals surface area contributed by atoms with Crippen LogP contribution in [0.1, 0.15) is 36.3 Å². The van der Waals surface area contributed by atoms with E-state index in [1.165, 1.54) is 6.07 Å². The van der Waals surface area contributed by atoms with Gasteiger partial charge in [-0.2, -0.15) is 0 Å². The number of rotatable bonds is 6. The molecule has 0 spiro atoms. The van der Waals surface area contributed by atoms with E-state index in [1.807, 2.05) is 13.0 Å². The number of hydrogen-bond donors (Lipinski definition) is 1. The second kappa shape index (κ2) is 6.91. The molecule has 2 rings (SSSR count). The van der Waals surface area contributed by atoms with E-state index in [4.69, 9.17) is 16.0 Å². The Labute approximate surface area is 123 Å². The number of furan rings is 1. The van der Waals surface area contributed by atoms with Gasteiger partial charge in [0.25, 0.3) is 0 Å². The molecular formula is C16H19ClFNO. The van der Waals surface area contributed by atoms with Crippen LogP contribution in [0.3, 0.4) is 0 Å². The minimum Gasteiger partial charge on any atom is -0.467 e. The van der Waals surface area contributed by atoms with Gasteiger partial charge >= 0.3 is 0 Å². The van der Waals surface area contributed by atoms with Crippen LogP contribution in [-0.2, 0) is 6.42 Å². The summed E-state index contributed by atoms with van der Waals surface area (Å²) in [4.78, 5) is 0. The third kappa shape index (κ3) is 3.62. The fourth-order valence-corrected chi connectivity index (χ4v) is 2.43. The lowest BCUT2D eigenvalue weighted by molar-refractivity contribution is 0.404. The van der Waals surface area contributed by atoms with Crippen molar-refractivity contribution in [3.05, 3.63) is 58.3 Å². The average Bonchev–Trinajstić information content (AvgIpc) is 2.84. The number of nitrogens with one attached hydrogen (secondary N) is 1. The summed E-state index contributed by atoms with van der Waals surface area (Å²) in [7, 11) is 0. The Hall–Kier alpha value is -1.32. The molecule has 1 unspecified atom stereocenters. The normalized spacial score (nSPS) is 12.6. The highest BCUT2D eigenvalue weighted by atomic mass is 35.5. The molecule has 1 atom stereocenters. The monoisotopic (exact) mass is 295 g/mol. The Bertz CT molecular complexity index is 567. The SMILES string of the molecule is CCCNC(Cc1cc(Cl)ccc1F)c1occc1C. The smallest absolute Gasteiger partial charge is 0.126 e. The standard InChI is InChI=1S/C16H19ClFNO/c1-3-7-19-15(16-11(2)6-8-20-16)10-12-9-13(17)4-5-14(12)18/h4-6,8-9,15,19H,3,7,10H2,1-2H3. The van der Waals surface area contributed by atoms with Crippen molar-refractivity contribution in [2.45, 2.75) is 32.7 Å². The van der Waals surface area contributed by atoms with Crippen LogP contribution in [0.5, 0.6) is 0 Å². The molecule has 0 saturated heterocycles. The first-order valence-corrected chi connectivity index (χ1v) is 7.21. The van der Waals surface area contributed by atoms with Crippen LogP contribution in [0.2, 0.25) is 5.02 Å². The van der Waals surface area contributed by atoms with E-state index in [0.29, 0.717) is 17.0 Å². The average molecular weight is 296 g/mol. The topological polar surface area (TPSA) is 25.2 Å². The van der Waals surface area contributed by atoms with Gasteiger partial charge in [0.05, 0.1) is 12.3 Å². The van der Waals surface area contributed by atoms with E-state index < -0.39 is 0 Å². The molecule has 0 aliphatic heterocycles. The highest BCUT2D eigenvalue weighted by Gasteiger charge is 2.19. The Morgan fingerprint density at radius 3 is 2.80 bits per heavy atom. The Morgan fingerprint density at radius 2 is 2.15 bits per heavy atom. The summed E-state index contributed by atoms with van der Waals surface area (Å²) < 4.78 is 19.4. The summed E-state index contributed by atoms with van der Waals surface area (Å²) in [5, 5.41) is 3.95. The molecule has 1 aromatic heterocycles. The molecule has 0 fully saturated rings. The molecule has 2 nitrogen and oxygen atoms in total. The first-order chi connectivity index (χ1) is 9.61. The molecule has 0 aliphatic carbocycles. The molecule has 0 radical (unpaired) electrons. The van der Waals surface area contributed by atoms with Crippen LogP contribution in [0.4, 0.5) is 4.39 Å².